The van der Waals surface area contributed by atoms with Crippen LogP contribution in [0, 0.1) is 13.8 Å². The molecule has 0 aliphatic carbocycles. The van der Waals surface area contributed by atoms with Gasteiger partial charge in [-0.25, -0.2) is 8.42 Å². The molecule has 3 rings (SSSR count). The summed E-state index contributed by atoms with van der Waals surface area (Å²) in [4.78, 5) is 12.9. The van der Waals surface area contributed by atoms with Crippen LogP contribution in [0.15, 0.2) is 71.6 Å². The third kappa shape index (κ3) is 4.60. The second kappa shape index (κ2) is 8.27. The zero-order chi connectivity index (χ0) is 21.2. The number of nitrogens with zero attached hydrogens (tertiary/aromatic N) is 1. The van der Waals surface area contributed by atoms with Crippen LogP contribution in [0.25, 0.3) is 0 Å². The van der Waals surface area contributed by atoms with E-state index in [0.717, 1.165) is 11.1 Å². The van der Waals surface area contributed by atoms with Gasteiger partial charge >= 0.3 is 0 Å². The number of halogens is 1. The predicted octanol–water partition coefficient (Wildman–Crippen LogP) is 5.03. The molecule has 0 saturated carbocycles. The van der Waals surface area contributed by atoms with Crippen LogP contribution in [-0.2, 0) is 10.0 Å². The normalized spacial score (nSPS) is 11.2. The highest BCUT2D eigenvalue weighted by Gasteiger charge is 2.22. The molecule has 0 aromatic heterocycles. The van der Waals surface area contributed by atoms with Gasteiger partial charge in [-0.1, -0.05) is 35.4 Å². The van der Waals surface area contributed by atoms with Crippen molar-refractivity contribution in [2.24, 2.45) is 0 Å². The number of hydrogen-bond donors (Lipinski definition) is 1. The Bertz CT molecular complexity index is 1160. The molecule has 150 valence electrons. The predicted molar refractivity (Wildman–Crippen MR) is 117 cm³/mol. The first-order valence-corrected chi connectivity index (χ1v) is 10.7. The molecule has 0 atom stereocenters. The van der Waals surface area contributed by atoms with Crippen molar-refractivity contribution in [2.75, 3.05) is 16.7 Å². The minimum Gasteiger partial charge on any atom is -0.322 e. The van der Waals surface area contributed by atoms with E-state index >= 15 is 0 Å². The maximum atomic E-state index is 12.9. The largest absolute Gasteiger partial charge is 0.322 e. The van der Waals surface area contributed by atoms with Crippen molar-refractivity contribution in [3.8, 4) is 0 Å². The number of benzene rings is 3. The van der Waals surface area contributed by atoms with Crippen molar-refractivity contribution in [3.05, 3.63) is 88.4 Å². The van der Waals surface area contributed by atoms with Crippen LogP contribution >= 0.6 is 11.6 Å². The monoisotopic (exact) mass is 428 g/mol. The molecule has 0 bridgehead atoms. The summed E-state index contributed by atoms with van der Waals surface area (Å²) in [6, 6.07) is 18.3. The van der Waals surface area contributed by atoms with Crippen molar-refractivity contribution in [3.63, 3.8) is 0 Å². The fraction of sp³-hybridized carbons (Fsp3) is 0.136. The van der Waals surface area contributed by atoms with Crippen molar-refractivity contribution in [1.82, 2.24) is 0 Å². The molecular formula is C22H21ClN2O3S. The summed E-state index contributed by atoms with van der Waals surface area (Å²) >= 11 is 5.95. The summed E-state index contributed by atoms with van der Waals surface area (Å²) in [5, 5.41) is 3.42. The first-order valence-electron chi connectivity index (χ1n) is 8.91. The molecule has 7 heteroatoms. The van der Waals surface area contributed by atoms with Crippen LogP contribution in [0.4, 0.5) is 11.4 Å². The van der Waals surface area contributed by atoms with E-state index in [1.165, 1.54) is 11.4 Å². The molecule has 0 saturated heterocycles. The molecule has 3 aromatic rings. The van der Waals surface area contributed by atoms with Crippen LogP contribution in [0.1, 0.15) is 21.5 Å². The minimum absolute atomic E-state index is 0.192. The van der Waals surface area contributed by atoms with E-state index in [-0.39, 0.29) is 10.8 Å². The quantitative estimate of drug-likeness (QED) is 0.619. The highest BCUT2D eigenvalue weighted by molar-refractivity contribution is 7.92. The van der Waals surface area contributed by atoms with Crippen molar-refractivity contribution in [1.29, 1.82) is 0 Å². The molecule has 1 amide bonds. The van der Waals surface area contributed by atoms with Gasteiger partial charge in [0.2, 0.25) is 0 Å². The molecule has 0 spiro atoms. The molecule has 0 fully saturated rings. The van der Waals surface area contributed by atoms with Gasteiger partial charge in [0.1, 0.15) is 0 Å². The third-order valence-corrected chi connectivity index (χ3v) is 6.62. The van der Waals surface area contributed by atoms with Crippen LogP contribution in [-0.4, -0.2) is 21.4 Å². The first-order chi connectivity index (χ1) is 13.7. The Hall–Kier alpha value is -2.83. The van der Waals surface area contributed by atoms with Crippen molar-refractivity contribution >= 4 is 38.9 Å². The van der Waals surface area contributed by atoms with Gasteiger partial charge in [0.15, 0.2) is 0 Å². The number of carbonyl (C=O) groups is 1. The van der Waals surface area contributed by atoms with Gasteiger partial charge < -0.3 is 5.32 Å². The van der Waals surface area contributed by atoms with Gasteiger partial charge in [0.05, 0.1) is 10.6 Å². The maximum Gasteiger partial charge on any atom is 0.264 e. The summed E-state index contributed by atoms with van der Waals surface area (Å²) < 4.78 is 27.0. The number of aryl methyl sites for hydroxylation is 2. The molecule has 0 aliphatic rings. The lowest BCUT2D eigenvalue weighted by Gasteiger charge is -2.20. The second-order valence-electron chi connectivity index (χ2n) is 6.75. The van der Waals surface area contributed by atoms with Gasteiger partial charge in [-0.05, 0) is 67.9 Å². The molecule has 0 radical (unpaired) electrons. The Kier molecular flexibility index (Phi) is 5.96. The van der Waals surface area contributed by atoms with E-state index in [1.807, 2.05) is 13.8 Å². The molecule has 3 aromatic carbocycles. The Morgan fingerprint density at radius 1 is 0.966 bits per heavy atom. The summed E-state index contributed by atoms with van der Waals surface area (Å²) in [7, 11) is -2.27. The molecule has 0 heterocycles. The van der Waals surface area contributed by atoms with Gasteiger partial charge in [0, 0.05) is 23.3 Å². The fourth-order valence-corrected chi connectivity index (χ4v) is 4.23. The third-order valence-electron chi connectivity index (χ3n) is 4.59. The topological polar surface area (TPSA) is 66.5 Å². The van der Waals surface area contributed by atoms with Crippen LogP contribution < -0.4 is 9.62 Å². The standard InChI is InChI=1S/C22H21ClN2O3S/c1-15-7-10-20(11-8-15)29(27,28)25(3)19-6-4-5-17(14-19)22(26)24-21-12-9-18(23)13-16(21)2/h4-14H,1-3H3,(H,24,26). The number of sulfonamides is 1. The van der Waals surface area contributed by atoms with Crippen LogP contribution in [0.3, 0.4) is 0 Å². The molecule has 5 nitrogen and oxygen atoms in total. The Morgan fingerprint density at radius 2 is 1.66 bits per heavy atom. The molecule has 0 aliphatic heterocycles. The van der Waals surface area contributed by atoms with Crippen molar-refractivity contribution in [2.45, 2.75) is 18.7 Å². The van der Waals surface area contributed by atoms with E-state index in [4.69, 9.17) is 11.6 Å². The van der Waals surface area contributed by atoms with E-state index in [9.17, 15) is 13.2 Å². The average molecular weight is 429 g/mol. The molecule has 1 N–H and O–H groups in total. The van der Waals surface area contributed by atoms with E-state index < -0.39 is 10.0 Å². The number of carbonyl (C=O) groups excluding carboxylic acids is 1. The van der Waals surface area contributed by atoms with Crippen LogP contribution in [0.5, 0.6) is 0 Å². The molecule has 0 unspecified atom stereocenters. The van der Waals surface area contributed by atoms with Crippen molar-refractivity contribution < 1.29 is 13.2 Å². The number of rotatable bonds is 5. The number of amides is 1. The highest BCUT2D eigenvalue weighted by Crippen LogP contribution is 2.24. The smallest absolute Gasteiger partial charge is 0.264 e. The lowest BCUT2D eigenvalue weighted by Crippen LogP contribution is -2.27. The first kappa shape index (κ1) is 20.9. The SMILES string of the molecule is Cc1ccc(S(=O)(=O)N(C)c2cccc(C(=O)Nc3ccc(Cl)cc3C)c2)cc1. The summed E-state index contributed by atoms with van der Waals surface area (Å²) in [6.07, 6.45) is 0. The zero-order valence-corrected chi connectivity index (χ0v) is 17.9. The van der Waals surface area contributed by atoms with E-state index in [1.54, 1.807) is 66.7 Å². The fourth-order valence-electron chi connectivity index (χ4n) is 2.81. The Morgan fingerprint density at radius 3 is 2.31 bits per heavy atom. The van der Waals surface area contributed by atoms with Gasteiger partial charge in [-0.15, -0.1) is 0 Å². The Balaban J connectivity index is 1.86. The second-order valence-corrected chi connectivity index (χ2v) is 9.15. The van der Waals surface area contributed by atoms with Gasteiger partial charge in [-0.3, -0.25) is 9.10 Å². The highest BCUT2D eigenvalue weighted by atomic mass is 35.5. The minimum atomic E-state index is -3.73. The zero-order valence-electron chi connectivity index (χ0n) is 16.3. The molecular weight excluding hydrogens is 408 g/mol. The lowest BCUT2D eigenvalue weighted by atomic mass is 10.1. The van der Waals surface area contributed by atoms with E-state index in [0.29, 0.717) is 22.0 Å². The Labute approximate surface area is 176 Å². The number of hydrogen-bond acceptors (Lipinski definition) is 3. The average Bonchev–Trinajstić information content (AvgIpc) is 2.70. The maximum absolute atomic E-state index is 12.9. The number of anilines is 2. The summed E-state index contributed by atoms with van der Waals surface area (Å²) in [5.41, 5.74) is 3.20. The summed E-state index contributed by atoms with van der Waals surface area (Å²) in [6.45, 7) is 3.74. The molecule has 29 heavy (non-hydrogen) atoms. The summed E-state index contributed by atoms with van der Waals surface area (Å²) in [5.74, 6) is -0.335. The number of nitrogens with one attached hydrogen (secondary N) is 1. The van der Waals surface area contributed by atoms with Crippen LogP contribution in [0.2, 0.25) is 5.02 Å². The van der Waals surface area contributed by atoms with Gasteiger partial charge in [-0.2, -0.15) is 0 Å². The lowest BCUT2D eigenvalue weighted by molar-refractivity contribution is 0.102. The van der Waals surface area contributed by atoms with E-state index in [2.05, 4.69) is 5.32 Å². The van der Waals surface area contributed by atoms with Gasteiger partial charge in [0.25, 0.3) is 15.9 Å².